The van der Waals surface area contributed by atoms with Crippen LogP contribution in [0.4, 0.5) is 5.69 Å². The van der Waals surface area contributed by atoms with Crippen LogP contribution in [0.5, 0.6) is 5.75 Å². The van der Waals surface area contributed by atoms with Crippen LogP contribution in [0, 0.1) is 0 Å². The van der Waals surface area contributed by atoms with Gasteiger partial charge in [-0.25, -0.2) is 0 Å². The van der Waals surface area contributed by atoms with E-state index in [0.29, 0.717) is 24.0 Å². The van der Waals surface area contributed by atoms with Crippen LogP contribution in [0.2, 0.25) is 0 Å². The number of phenols is 1. The Kier molecular flexibility index (Phi) is 3.77. The fourth-order valence-corrected chi connectivity index (χ4v) is 2.69. The minimum Gasteiger partial charge on any atom is -0.507 e. The lowest BCUT2D eigenvalue weighted by molar-refractivity contribution is -0.126. The molecule has 1 aliphatic heterocycles. The molecular formula is C16H18N2O3. The summed E-state index contributed by atoms with van der Waals surface area (Å²) in [5.41, 5.74) is 6.23. The van der Waals surface area contributed by atoms with Crippen molar-refractivity contribution in [3.8, 4) is 5.75 Å². The van der Waals surface area contributed by atoms with Crippen LogP contribution in [0.3, 0.4) is 0 Å². The van der Waals surface area contributed by atoms with Gasteiger partial charge in [0, 0.05) is 23.0 Å². The lowest BCUT2D eigenvalue weighted by Crippen LogP contribution is -2.29. The number of rotatable bonds is 3. The number of hydrogen-bond acceptors (Lipinski definition) is 4. The number of nitrogens with two attached hydrogens (primary N) is 1. The molecule has 4 N–H and O–H groups in total. The van der Waals surface area contributed by atoms with E-state index in [0.717, 1.165) is 11.8 Å². The maximum absolute atomic E-state index is 12.3. The molecule has 0 aliphatic carbocycles. The number of carbonyl (C=O) groups excluding carboxylic acids is 1. The summed E-state index contributed by atoms with van der Waals surface area (Å²) in [4.78, 5) is 12.3. The van der Waals surface area contributed by atoms with Crippen molar-refractivity contribution >= 4 is 22.4 Å². The molecule has 0 saturated carbocycles. The summed E-state index contributed by atoms with van der Waals surface area (Å²) in [7, 11) is 0. The number of hydrogen-bond donors (Lipinski definition) is 3. The average Bonchev–Trinajstić information content (AvgIpc) is 2.97. The van der Waals surface area contributed by atoms with Gasteiger partial charge >= 0.3 is 0 Å². The smallest absolute Gasteiger partial charge is 0.253 e. The molecule has 110 valence electrons. The number of phenolic OH excluding ortho intramolecular Hbond substituents is 1. The normalized spacial score (nSPS) is 21.6. The second-order valence-corrected chi connectivity index (χ2v) is 5.23. The van der Waals surface area contributed by atoms with Crippen molar-refractivity contribution in [3.05, 3.63) is 36.4 Å². The first-order valence-corrected chi connectivity index (χ1v) is 7.06. The van der Waals surface area contributed by atoms with Gasteiger partial charge in [0.25, 0.3) is 5.91 Å². The first kappa shape index (κ1) is 13.9. The van der Waals surface area contributed by atoms with Gasteiger partial charge in [-0.3, -0.25) is 4.79 Å². The van der Waals surface area contributed by atoms with Crippen molar-refractivity contribution in [3.63, 3.8) is 0 Å². The van der Waals surface area contributed by atoms with E-state index in [-0.39, 0.29) is 17.8 Å². The zero-order chi connectivity index (χ0) is 14.8. The fraction of sp³-hybridized carbons (Fsp3) is 0.312. The van der Waals surface area contributed by atoms with E-state index in [9.17, 15) is 9.90 Å². The van der Waals surface area contributed by atoms with Gasteiger partial charge in [0.2, 0.25) is 0 Å². The van der Waals surface area contributed by atoms with Gasteiger partial charge < -0.3 is 20.9 Å². The van der Waals surface area contributed by atoms with Crippen LogP contribution in [-0.2, 0) is 9.53 Å². The zero-order valence-corrected chi connectivity index (χ0v) is 11.6. The SMILES string of the molecule is NCC1CCC(C(=O)Nc2cccc3c(O)cccc23)O1. The Morgan fingerprint density at radius 3 is 2.76 bits per heavy atom. The molecule has 2 unspecified atom stereocenters. The number of nitrogens with one attached hydrogen (secondary N) is 1. The third-order valence-corrected chi connectivity index (χ3v) is 3.82. The summed E-state index contributed by atoms with van der Waals surface area (Å²) >= 11 is 0. The van der Waals surface area contributed by atoms with Crippen molar-refractivity contribution in [2.45, 2.75) is 25.0 Å². The van der Waals surface area contributed by atoms with Crippen LogP contribution in [0.1, 0.15) is 12.8 Å². The van der Waals surface area contributed by atoms with Crippen LogP contribution < -0.4 is 11.1 Å². The predicted molar refractivity (Wildman–Crippen MR) is 81.2 cm³/mol. The average molecular weight is 286 g/mol. The second kappa shape index (κ2) is 5.71. The van der Waals surface area contributed by atoms with E-state index < -0.39 is 6.10 Å². The third kappa shape index (κ3) is 2.70. The second-order valence-electron chi connectivity index (χ2n) is 5.23. The lowest BCUT2D eigenvalue weighted by atomic mass is 10.1. The van der Waals surface area contributed by atoms with Gasteiger partial charge in [-0.2, -0.15) is 0 Å². The zero-order valence-electron chi connectivity index (χ0n) is 11.6. The minimum atomic E-state index is -0.453. The molecule has 1 saturated heterocycles. The van der Waals surface area contributed by atoms with E-state index in [2.05, 4.69) is 5.32 Å². The summed E-state index contributed by atoms with van der Waals surface area (Å²) in [5, 5.41) is 14.3. The molecule has 5 heteroatoms. The number of carbonyl (C=O) groups is 1. The molecular weight excluding hydrogens is 268 g/mol. The van der Waals surface area contributed by atoms with Crippen molar-refractivity contribution in [1.82, 2.24) is 0 Å². The third-order valence-electron chi connectivity index (χ3n) is 3.82. The molecule has 1 aliphatic rings. The Morgan fingerprint density at radius 2 is 2.00 bits per heavy atom. The molecule has 0 spiro atoms. The van der Waals surface area contributed by atoms with Gasteiger partial charge in [-0.1, -0.05) is 24.3 Å². The summed E-state index contributed by atoms with van der Waals surface area (Å²) < 4.78 is 5.59. The van der Waals surface area contributed by atoms with Crippen molar-refractivity contribution in [2.24, 2.45) is 5.73 Å². The molecule has 0 aromatic heterocycles. The van der Waals surface area contributed by atoms with E-state index in [1.807, 2.05) is 18.2 Å². The van der Waals surface area contributed by atoms with E-state index >= 15 is 0 Å². The molecule has 5 nitrogen and oxygen atoms in total. The Hall–Kier alpha value is -2.11. The van der Waals surface area contributed by atoms with Crippen LogP contribution in [0.15, 0.2) is 36.4 Å². The van der Waals surface area contributed by atoms with Gasteiger partial charge in [0.05, 0.1) is 6.10 Å². The molecule has 1 heterocycles. The van der Waals surface area contributed by atoms with Gasteiger partial charge in [0.1, 0.15) is 11.9 Å². The number of fused-ring (bicyclic) bond motifs is 1. The van der Waals surface area contributed by atoms with Crippen LogP contribution in [-0.4, -0.2) is 29.8 Å². The van der Waals surface area contributed by atoms with Gasteiger partial charge in [0.15, 0.2) is 0 Å². The molecule has 0 bridgehead atoms. The number of ether oxygens (including phenoxy) is 1. The predicted octanol–water partition coefficient (Wildman–Crippen LogP) is 1.99. The molecule has 1 amide bonds. The first-order valence-electron chi connectivity index (χ1n) is 7.06. The Balaban J connectivity index is 1.82. The number of amides is 1. The molecule has 1 fully saturated rings. The lowest BCUT2D eigenvalue weighted by Gasteiger charge is -2.14. The van der Waals surface area contributed by atoms with Crippen LogP contribution >= 0.6 is 0 Å². The Labute approximate surface area is 122 Å². The van der Waals surface area contributed by atoms with Crippen LogP contribution in [0.25, 0.3) is 10.8 Å². The monoisotopic (exact) mass is 286 g/mol. The quantitative estimate of drug-likeness (QED) is 0.805. The van der Waals surface area contributed by atoms with E-state index in [1.54, 1.807) is 18.2 Å². The minimum absolute atomic E-state index is 0.0303. The highest BCUT2D eigenvalue weighted by Crippen LogP contribution is 2.30. The van der Waals surface area contributed by atoms with Crippen molar-refractivity contribution in [1.29, 1.82) is 0 Å². The van der Waals surface area contributed by atoms with Gasteiger partial charge in [-0.15, -0.1) is 0 Å². The highest BCUT2D eigenvalue weighted by molar-refractivity contribution is 6.05. The fourth-order valence-electron chi connectivity index (χ4n) is 2.69. The summed E-state index contributed by atoms with van der Waals surface area (Å²) in [6.07, 6.45) is 1.01. The van der Waals surface area contributed by atoms with Crippen molar-refractivity contribution < 1.29 is 14.6 Å². The summed E-state index contributed by atoms with van der Waals surface area (Å²) in [6, 6.07) is 10.7. The van der Waals surface area contributed by atoms with E-state index in [1.165, 1.54) is 0 Å². The van der Waals surface area contributed by atoms with E-state index in [4.69, 9.17) is 10.5 Å². The largest absolute Gasteiger partial charge is 0.507 e. The molecule has 3 rings (SSSR count). The first-order chi connectivity index (χ1) is 10.2. The maximum atomic E-state index is 12.3. The Morgan fingerprint density at radius 1 is 1.24 bits per heavy atom. The Bertz CT molecular complexity index is 672. The molecule has 2 atom stereocenters. The standard InChI is InChI=1S/C16H18N2O3/c17-9-10-7-8-15(21-10)16(20)18-13-5-1-4-12-11(13)3-2-6-14(12)19/h1-6,10,15,19H,7-9,17H2,(H,18,20). The number of anilines is 1. The highest BCUT2D eigenvalue weighted by Gasteiger charge is 2.30. The molecule has 2 aromatic rings. The topological polar surface area (TPSA) is 84.6 Å². The summed E-state index contributed by atoms with van der Waals surface area (Å²) in [5.74, 6) is 0.0331. The number of benzene rings is 2. The summed E-state index contributed by atoms with van der Waals surface area (Å²) in [6.45, 7) is 0.436. The highest BCUT2D eigenvalue weighted by atomic mass is 16.5. The molecule has 21 heavy (non-hydrogen) atoms. The molecule has 2 aromatic carbocycles. The maximum Gasteiger partial charge on any atom is 0.253 e. The van der Waals surface area contributed by atoms with Gasteiger partial charge in [-0.05, 0) is 25.0 Å². The number of aromatic hydroxyl groups is 1. The van der Waals surface area contributed by atoms with Crippen molar-refractivity contribution in [2.75, 3.05) is 11.9 Å². The molecule has 0 radical (unpaired) electrons.